The van der Waals surface area contributed by atoms with Gasteiger partial charge < -0.3 is 14.5 Å². The van der Waals surface area contributed by atoms with Gasteiger partial charge in [0.1, 0.15) is 17.4 Å². The molecule has 0 unspecified atom stereocenters. The first-order chi connectivity index (χ1) is 10.7. The van der Waals surface area contributed by atoms with Crippen molar-refractivity contribution >= 4 is 18.0 Å². The molecule has 0 aliphatic heterocycles. The van der Waals surface area contributed by atoms with E-state index in [1.807, 2.05) is 0 Å². The molecule has 1 aromatic heterocycles. The Morgan fingerprint density at radius 2 is 2.18 bits per heavy atom. The van der Waals surface area contributed by atoms with E-state index in [1.54, 1.807) is 18.2 Å². The number of hydrogen-bond acceptors (Lipinski definition) is 5. The molecule has 0 radical (unpaired) electrons. The van der Waals surface area contributed by atoms with Gasteiger partial charge in [-0.05, 0) is 25.0 Å². The maximum atomic E-state index is 11.8. The third kappa shape index (κ3) is 4.77. The molecule has 1 saturated carbocycles. The third-order valence-electron chi connectivity index (χ3n) is 3.47. The molecule has 0 aromatic carbocycles. The van der Waals surface area contributed by atoms with Crippen LogP contribution in [0.1, 0.15) is 37.9 Å². The van der Waals surface area contributed by atoms with Gasteiger partial charge >= 0.3 is 5.97 Å². The summed E-state index contributed by atoms with van der Waals surface area (Å²) in [4.78, 5) is 23.5. The quantitative estimate of drug-likeness (QED) is 0.511. The Balaban J connectivity index is 1.81. The Morgan fingerprint density at radius 3 is 2.82 bits per heavy atom. The molecule has 22 heavy (non-hydrogen) atoms. The van der Waals surface area contributed by atoms with Gasteiger partial charge in [0.2, 0.25) is 0 Å². The van der Waals surface area contributed by atoms with Crippen LogP contribution in [0.2, 0.25) is 0 Å². The van der Waals surface area contributed by atoms with Crippen LogP contribution in [-0.2, 0) is 14.3 Å². The molecule has 1 amide bonds. The van der Waals surface area contributed by atoms with Crippen LogP contribution in [0, 0.1) is 11.3 Å². The second-order valence-electron chi connectivity index (χ2n) is 5.16. The summed E-state index contributed by atoms with van der Waals surface area (Å²) >= 11 is 0. The molecule has 1 N–H and O–H groups in total. The Labute approximate surface area is 128 Å². The second kappa shape index (κ2) is 8.03. The van der Waals surface area contributed by atoms with Gasteiger partial charge in [0, 0.05) is 12.1 Å². The van der Waals surface area contributed by atoms with Gasteiger partial charge in [-0.15, -0.1) is 0 Å². The van der Waals surface area contributed by atoms with E-state index in [0.29, 0.717) is 5.76 Å². The molecular formula is C16H18N2O4. The van der Waals surface area contributed by atoms with Crippen molar-refractivity contribution in [2.75, 3.05) is 6.61 Å². The van der Waals surface area contributed by atoms with Crippen LogP contribution in [-0.4, -0.2) is 24.5 Å². The number of esters is 1. The van der Waals surface area contributed by atoms with E-state index in [2.05, 4.69) is 5.32 Å². The fraction of sp³-hybridized carbons (Fsp3) is 0.438. The number of rotatable bonds is 5. The van der Waals surface area contributed by atoms with Gasteiger partial charge in [0.25, 0.3) is 5.91 Å². The van der Waals surface area contributed by atoms with Crippen LogP contribution in [0.25, 0.3) is 6.08 Å². The lowest BCUT2D eigenvalue weighted by molar-refractivity contribution is -0.144. The highest BCUT2D eigenvalue weighted by atomic mass is 16.5. The van der Waals surface area contributed by atoms with E-state index in [-0.39, 0.29) is 24.1 Å². The zero-order valence-electron chi connectivity index (χ0n) is 12.2. The minimum atomic E-state index is -0.835. The third-order valence-corrected chi connectivity index (χ3v) is 3.47. The summed E-state index contributed by atoms with van der Waals surface area (Å²) in [6, 6.07) is 5.16. The molecule has 0 saturated heterocycles. The summed E-state index contributed by atoms with van der Waals surface area (Å²) in [7, 11) is 0. The molecule has 6 nitrogen and oxygen atoms in total. The molecule has 1 aliphatic carbocycles. The number of ether oxygens (including phenoxy) is 1. The Kier molecular flexibility index (Phi) is 5.78. The second-order valence-corrected chi connectivity index (χ2v) is 5.16. The highest BCUT2D eigenvalue weighted by Crippen LogP contribution is 2.17. The predicted octanol–water partition coefficient (Wildman–Crippen LogP) is 2.18. The highest BCUT2D eigenvalue weighted by Gasteiger charge is 2.18. The molecule has 0 bridgehead atoms. The summed E-state index contributed by atoms with van der Waals surface area (Å²) in [6.07, 6.45) is 8.04. The van der Waals surface area contributed by atoms with Crippen molar-refractivity contribution in [1.29, 1.82) is 5.26 Å². The van der Waals surface area contributed by atoms with Crippen molar-refractivity contribution in [3.05, 3.63) is 29.7 Å². The number of nitrogens with one attached hydrogen (secondary N) is 1. The Morgan fingerprint density at radius 1 is 1.41 bits per heavy atom. The van der Waals surface area contributed by atoms with E-state index in [1.165, 1.54) is 18.8 Å². The average Bonchev–Trinajstić information content (AvgIpc) is 3.04. The van der Waals surface area contributed by atoms with Gasteiger partial charge in [0.15, 0.2) is 6.61 Å². The zero-order chi connectivity index (χ0) is 15.8. The van der Waals surface area contributed by atoms with E-state index in [0.717, 1.165) is 25.7 Å². The summed E-state index contributed by atoms with van der Waals surface area (Å²) in [6.45, 7) is -0.382. The molecule has 0 atom stereocenters. The van der Waals surface area contributed by atoms with Crippen LogP contribution in [0.3, 0.4) is 0 Å². The molecule has 2 rings (SSSR count). The average molecular weight is 302 g/mol. The fourth-order valence-electron chi connectivity index (χ4n) is 2.38. The fourth-order valence-corrected chi connectivity index (χ4v) is 2.38. The topological polar surface area (TPSA) is 92.3 Å². The molecule has 1 aliphatic rings. The van der Waals surface area contributed by atoms with Crippen LogP contribution >= 0.6 is 0 Å². The molecule has 1 aromatic rings. The highest BCUT2D eigenvalue weighted by molar-refractivity contribution is 5.98. The normalized spacial score (nSPS) is 15.9. The van der Waals surface area contributed by atoms with Gasteiger partial charge in [-0.1, -0.05) is 19.3 Å². The monoisotopic (exact) mass is 302 g/mol. The number of nitrogens with zero attached hydrogens (tertiary/aromatic N) is 1. The van der Waals surface area contributed by atoms with Crippen LogP contribution in [0.5, 0.6) is 0 Å². The molecule has 116 valence electrons. The Hall–Kier alpha value is -2.55. The van der Waals surface area contributed by atoms with E-state index >= 15 is 0 Å². The number of nitriles is 1. The first-order valence-corrected chi connectivity index (χ1v) is 7.31. The van der Waals surface area contributed by atoms with Crippen molar-refractivity contribution < 1.29 is 18.7 Å². The Bertz CT molecular complexity index is 578. The number of carbonyl (C=O) groups is 2. The van der Waals surface area contributed by atoms with E-state index < -0.39 is 5.97 Å². The first-order valence-electron chi connectivity index (χ1n) is 7.31. The molecular weight excluding hydrogens is 284 g/mol. The maximum Gasteiger partial charge on any atom is 0.349 e. The minimum absolute atomic E-state index is 0.161. The SMILES string of the molecule is N#C/C(=C\c1ccco1)C(=O)OCC(=O)NC1CCCCC1. The lowest BCUT2D eigenvalue weighted by atomic mass is 9.95. The molecule has 1 heterocycles. The zero-order valence-corrected chi connectivity index (χ0v) is 12.2. The minimum Gasteiger partial charge on any atom is -0.465 e. The summed E-state index contributed by atoms with van der Waals surface area (Å²) in [5, 5.41) is 11.8. The number of hydrogen-bond donors (Lipinski definition) is 1. The lowest BCUT2D eigenvalue weighted by Gasteiger charge is -2.22. The lowest BCUT2D eigenvalue weighted by Crippen LogP contribution is -2.38. The number of carbonyl (C=O) groups excluding carboxylic acids is 2. The van der Waals surface area contributed by atoms with Gasteiger partial charge in [-0.25, -0.2) is 4.79 Å². The first kappa shape index (κ1) is 15.8. The largest absolute Gasteiger partial charge is 0.465 e. The molecule has 0 spiro atoms. The van der Waals surface area contributed by atoms with Gasteiger partial charge in [-0.2, -0.15) is 5.26 Å². The summed E-state index contributed by atoms with van der Waals surface area (Å²) in [5.41, 5.74) is -0.208. The smallest absolute Gasteiger partial charge is 0.349 e. The molecule has 1 fully saturated rings. The molecule has 6 heteroatoms. The van der Waals surface area contributed by atoms with Crippen molar-refractivity contribution in [3.63, 3.8) is 0 Å². The van der Waals surface area contributed by atoms with E-state index in [9.17, 15) is 9.59 Å². The van der Waals surface area contributed by atoms with Crippen molar-refractivity contribution in [1.82, 2.24) is 5.32 Å². The van der Waals surface area contributed by atoms with Crippen molar-refractivity contribution in [3.8, 4) is 6.07 Å². The van der Waals surface area contributed by atoms with Crippen LogP contribution in [0.4, 0.5) is 0 Å². The van der Waals surface area contributed by atoms with Gasteiger partial charge in [0.05, 0.1) is 6.26 Å². The summed E-state index contributed by atoms with van der Waals surface area (Å²) in [5.74, 6) is -0.798. The van der Waals surface area contributed by atoms with Crippen LogP contribution in [0.15, 0.2) is 28.4 Å². The number of amides is 1. The summed E-state index contributed by atoms with van der Waals surface area (Å²) < 4.78 is 9.89. The van der Waals surface area contributed by atoms with Crippen molar-refractivity contribution in [2.45, 2.75) is 38.1 Å². The van der Waals surface area contributed by atoms with E-state index in [4.69, 9.17) is 14.4 Å². The standard InChI is InChI=1S/C16H18N2O4/c17-10-12(9-14-7-4-8-21-14)16(20)22-11-15(19)18-13-5-2-1-3-6-13/h4,7-9,13H,1-3,5-6,11H2,(H,18,19)/b12-9+. The van der Waals surface area contributed by atoms with Crippen molar-refractivity contribution in [2.24, 2.45) is 0 Å². The van der Waals surface area contributed by atoms with Crippen LogP contribution < -0.4 is 5.32 Å². The predicted molar refractivity (Wildman–Crippen MR) is 78.3 cm³/mol. The van der Waals surface area contributed by atoms with Gasteiger partial charge in [-0.3, -0.25) is 4.79 Å². The maximum absolute atomic E-state index is 11.8. The number of furan rings is 1.